The Bertz CT molecular complexity index is 876. The molecule has 7 heteroatoms. The number of esters is 1. The molecule has 0 unspecified atom stereocenters. The van der Waals surface area contributed by atoms with E-state index in [9.17, 15) is 18.8 Å². The summed E-state index contributed by atoms with van der Waals surface area (Å²) in [5.74, 6) is -1.94. The van der Waals surface area contributed by atoms with Crippen LogP contribution in [0.2, 0.25) is 0 Å². The Labute approximate surface area is 156 Å². The second-order valence-corrected chi connectivity index (χ2v) is 5.54. The highest BCUT2D eigenvalue weighted by atomic mass is 19.1. The topological polar surface area (TPSA) is 84.5 Å². The molecule has 0 aliphatic rings. The summed E-state index contributed by atoms with van der Waals surface area (Å²) in [6.45, 7) is 3.29. The third kappa shape index (κ3) is 6.07. The third-order valence-electron chi connectivity index (χ3n) is 3.41. The maximum atomic E-state index is 13.7. The minimum absolute atomic E-state index is 0.0606. The molecule has 0 aromatic heterocycles. The zero-order valence-electron chi connectivity index (χ0n) is 14.9. The van der Waals surface area contributed by atoms with Crippen molar-refractivity contribution in [3.05, 3.63) is 65.5 Å². The number of rotatable bonds is 6. The molecule has 2 aromatic rings. The summed E-state index contributed by atoms with van der Waals surface area (Å²) < 4.78 is 18.5. The van der Waals surface area contributed by atoms with Gasteiger partial charge in [-0.2, -0.15) is 0 Å². The average Bonchev–Trinajstić information content (AvgIpc) is 2.63. The number of halogens is 1. The summed E-state index contributed by atoms with van der Waals surface area (Å²) in [4.78, 5) is 34.7. The number of carbonyl (C=O) groups is 3. The molecule has 2 rings (SSSR count). The van der Waals surface area contributed by atoms with Crippen LogP contribution in [0.3, 0.4) is 0 Å². The lowest BCUT2D eigenvalue weighted by molar-refractivity contribution is -0.137. The Morgan fingerprint density at radius 3 is 2.41 bits per heavy atom. The molecule has 0 atom stereocenters. The molecule has 140 valence electrons. The number of amides is 2. The first-order valence-corrected chi connectivity index (χ1v) is 8.22. The molecule has 0 bridgehead atoms. The Morgan fingerprint density at radius 1 is 1.07 bits per heavy atom. The second-order valence-electron chi connectivity index (χ2n) is 5.54. The predicted molar refractivity (Wildman–Crippen MR) is 101 cm³/mol. The monoisotopic (exact) mass is 370 g/mol. The van der Waals surface area contributed by atoms with Crippen molar-refractivity contribution in [2.24, 2.45) is 0 Å². The number of benzene rings is 2. The van der Waals surface area contributed by atoms with Crippen LogP contribution in [0.15, 0.2) is 48.5 Å². The number of carbonyl (C=O) groups excluding carboxylic acids is 3. The highest BCUT2D eigenvalue weighted by molar-refractivity contribution is 6.05. The van der Waals surface area contributed by atoms with Crippen LogP contribution in [-0.4, -0.2) is 24.4 Å². The van der Waals surface area contributed by atoms with Crippen molar-refractivity contribution in [1.82, 2.24) is 0 Å². The van der Waals surface area contributed by atoms with Crippen LogP contribution >= 0.6 is 0 Å². The van der Waals surface area contributed by atoms with Crippen LogP contribution in [-0.2, 0) is 14.3 Å². The minimum atomic E-state index is -0.625. The van der Waals surface area contributed by atoms with Crippen LogP contribution in [0.5, 0.6) is 0 Å². The summed E-state index contributed by atoms with van der Waals surface area (Å²) in [5, 5.41) is 5.01. The molecule has 0 heterocycles. The molecular weight excluding hydrogens is 351 g/mol. The highest BCUT2D eigenvalue weighted by Gasteiger charge is 2.11. The molecular formula is C20H19FN2O4. The van der Waals surface area contributed by atoms with Gasteiger partial charge in [0, 0.05) is 24.3 Å². The number of hydrogen-bond acceptors (Lipinski definition) is 4. The summed E-state index contributed by atoms with van der Waals surface area (Å²) >= 11 is 0. The van der Waals surface area contributed by atoms with Gasteiger partial charge in [-0.05, 0) is 48.9 Å². The minimum Gasteiger partial charge on any atom is -0.463 e. The Kier molecular flexibility index (Phi) is 6.82. The lowest BCUT2D eigenvalue weighted by atomic mass is 10.1. The molecule has 27 heavy (non-hydrogen) atoms. The molecule has 0 saturated heterocycles. The molecule has 0 radical (unpaired) electrons. The van der Waals surface area contributed by atoms with E-state index in [4.69, 9.17) is 4.74 Å². The zero-order chi connectivity index (χ0) is 19.8. The van der Waals surface area contributed by atoms with E-state index >= 15 is 0 Å². The zero-order valence-corrected chi connectivity index (χ0v) is 14.9. The highest BCUT2D eigenvalue weighted by Crippen LogP contribution is 2.18. The third-order valence-corrected chi connectivity index (χ3v) is 3.41. The van der Waals surface area contributed by atoms with Crippen LogP contribution in [0.4, 0.5) is 15.8 Å². The Morgan fingerprint density at radius 2 is 1.78 bits per heavy atom. The van der Waals surface area contributed by atoms with E-state index in [0.717, 1.165) is 11.6 Å². The molecule has 0 spiro atoms. The maximum absolute atomic E-state index is 13.7. The number of hydrogen-bond donors (Lipinski definition) is 2. The lowest BCUT2D eigenvalue weighted by Gasteiger charge is -2.08. The predicted octanol–water partition coefficient (Wildman–Crippen LogP) is 3.61. The molecule has 2 aromatic carbocycles. The van der Waals surface area contributed by atoms with Gasteiger partial charge >= 0.3 is 5.97 Å². The first-order chi connectivity index (χ1) is 12.9. The molecule has 0 aliphatic heterocycles. The lowest BCUT2D eigenvalue weighted by Crippen LogP contribution is -2.14. The van der Waals surface area contributed by atoms with Gasteiger partial charge in [0.1, 0.15) is 5.82 Å². The average molecular weight is 370 g/mol. The van der Waals surface area contributed by atoms with Gasteiger partial charge < -0.3 is 15.4 Å². The van der Waals surface area contributed by atoms with E-state index in [0.29, 0.717) is 12.3 Å². The van der Waals surface area contributed by atoms with Crippen LogP contribution in [0, 0.1) is 5.82 Å². The van der Waals surface area contributed by atoms with Gasteiger partial charge in [0.05, 0.1) is 12.3 Å². The van der Waals surface area contributed by atoms with Gasteiger partial charge in [0.2, 0.25) is 5.91 Å². The van der Waals surface area contributed by atoms with Gasteiger partial charge in [-0.1, -0.05) is 12.1 Å². The first kappa shape index (κ1) is 19.8. The molecule has 0 fully saturated rings. The van der Waals surface area contributed by atoms with E-state index in [2.05, 4.69) is 10.6 Å². The summed E-state index contributed by atoms with van der Waals surface area (Å²) in [6, 6.07) is 10.5. The fraction of sp³-hybridized carbons (Fsp3) is 0.150. The van der Waals surface area contributed by atoms with Crippen molar-refractivity contribution < 1.29 is 23.5 Å². The smallest absolute Gasteiger partial charge is 0.330 e. The number of ether oxygens (including phenoxy) is 1. The fourth-order valence-electron chi connectivity index (χ4n) is 2.19. The van der Waals surface area contributed by atoms with Gasteiger partial charge in [-0.25, -0.2) is 9.18 Å². The normalized spacial score (nSPS) is 10.5. The molecule has 0 saturated carbocycles. The quantitative estimate of drug-likeness (QED) is 0.601. The van der Waals surface area contributed by atoms with Gasteiger partial charge in [-0.15, -0.1) is 0 Å². The van der Waals surface area contributed by atoms with Crippen molar-refractivity contribution in [2.45, 2.75) is 13.8 Å². The molecule has 6 nitrogen and oxygen atoms in total. The van der Waals surface area contributed by atoms with Crippen molar-refractivity contribution >= 4 is 35.2 Å². The van der Waals surface area contributed by atoms with Gasteiger partial charge in [-0.3, -0.25) is 9.59 Å². The Balaban J connectivity index is 2.05. The van der Waals surface area contributed by atoms with Crippen molar-refractivity contribution in [1.29, 1.82) is 0 Å². The van der Waals surface area contributed by atoms with Crippen LogP contribution in [0.1, 0.15) is 29.8 Å². The van der Waals surface area contributed by atoms with E-state index < -0.39 is 23.6 Å². The largest absolute Gasteiger partial charge is 0.463 e. The molecule has 2 amide bonds. The summed E-state index contributed by atoms with van der Waals surface area (Å²) in [7, 11) is 0. The fourth-order valence-corrected chi connectivity index (χ4v) is 2.19. The van der Waals surface area contributed by atoms with E-state index in [1.165, 1.54) is 25.1 Å². The Hall–Kier alpha value is -3.48. The van der Waals surface area contributed by atoms with Crippen molar-refractivity contribution in [3.8, 4) is 0 Å². The van der Waals surface area contributed by atoms with E-state index in [1.54, 1.807) is 37.3 Å². The van der Waals surface area contributed by atoms with E-state index in [1.807, 2.05) is 0 Å². The van der Waals surface area contributed by atoms with Crippen LogP contribution in [0.25, 0.3) is 6.08 Å². The SMILES string of the molecule is CCOC(=O)/C=C/c1ccc(NC(=O)c2ccc(F)c(NC(C)=O)c2)cc1. The maximum Gasteiger partial charge on any atom is 0.330 e. The summed E-state index contributed by atoms with van der Waals surface area (Å²) in [6.07, 6.45) is 2.92. The van der Waals surface area contributed by atoms with E-state index in [-0.39, 0.29) is 11.3 Å². The van der Waals surface area contributed by atoms with Crippen molar-refractivity contribution in [2.75, 3.05) is 17.2 Å². The second kappa shape index (κ2) is 9.28. The van der Waals surface area contributed by atoms with Crippen molar-refractivity contribution in [3.63, 3.8) is 0 Å². The summed E-state index contributed by atoms with van der Waals surface area (Å²) in [5.41, 5.74) is 1.43. The van der Waals surface area contributed by atoms with Gasteiger partial charge in [0.15, 0.2) is 0 Å². The van der Waals surface area contributed by atoms with Crippen LogP contribution < -0.4 is 10.6 Å². The standard InChI is InChI=1S/C20H19FN2O4/c1-3-27-19(25)11-6-14-4-8-16(9-5-14)23-20(26)15-7-10-17(21)18(12-15)22-13(2)24/h4-12H,3H2,1-2H3,(H,22,24)(H,23,26)/b11-6+. The first-order valence-electron chi connectivity index (χ1n) is 8.22. The molecule has 2 N–H and O–H groups in total. The molecule has 0 aliphatic carbocycles. The van der Waals surface area contributed by atoms with Gasteiger partial charge in [0.25, 0.3) is 5.91 Å². The number of nitrogens with one attached hydrogen (secondary N) is 2. The number of anilines is 2.